The molecule has 0 N–H and O–H groups in total. The molecule has 0 spiro atoms. The minimum absolute atomic E-state index is 0.0842. The van der Waals surface area contributed by atoms with Crippen LogP contribution in [0.5, 0.6) is 11.5 Å². The van der Waals surface area contributed by atoms with E-state index in [1.165, 1.54) is 0 Å². The van der Waals surface area contributed by atoms with Gasteiger partial charge in [-0.3, -0.25) is 4.79 Å². The third-order valence-corrected chi connectivity index (χ3v) is 5.71. The summed E-state index contributed by atoms with van der Waals surface area (Å²) in [5, 5.41) is 0.895. The number of anilines is 1. The molecule has 7 nitrogen and oxygen atoms in total. The van der Waals surface area contributed by atoms with Gasteiger partial charge < -0.3 is 19.3 Å². The van der Waals surface area contributed by atoms with E-state index in [1.54, 1.807) is 29.3 Å². The minimum Gasteiger partial charge on any atom is -0.454 e. The normalized spacial score (nSPS) is 15.3. The SMILES string of the molecule is O=C(c1cc(Cl)cc(Cl)c1)N1CCN(c2nccc(-c3ccc4c(c3)OCO4)n2)CC1. The highest BCUT2D eigenvalue weighted by Gasteiger charge is 2.24. The van der Waals surface area contributed by atoms with Crippen molar-refractivity contribution in [2.24, 2.45) is 0 Å². The van der Waals surface area contributed by atoms with Crippen LogP contribution in [0, 0.1) is 0 Å². The first kappa shape index (κ1) is 19.9. The summed E-state index contributed by atoms with van der Waals surface area (Å²) in [5.74, 6) is 2.00. The third-order valence-electron chi connectivity index (χ3n) is 5.27. The molecular weight excluding hydrogens is 439 g/mol. The number of halogens is 2. The van der Waals surface area contributed by atoms with Gasteiger partial charge in [0.1, 0.15) is 0 Å². The van der Waals surface area contributed by atoms with Crippen LogP contribution in [0.3, 0.4) is 0 Å². The molecular formula is C22H18Cl2N4O3. The van der Waals surface area contributed by atoms with E-state index in [0.29, 0.717) is 53.5 Å². The van der Waals surface area contributed by atoms with Crippen molar-refractivity contribution in [2.75, 3.05) is 37.9 Å². The van der Waals surface area contributed by atoms with Gasteiger partial charge in [0.15, 0.2) is 11.5 Å². The Kier molecular flexibility index (Phi) is 5.29. The van der Waals surface area contributed by atoms with Crippen LogP contribution < -0.4 is 14.4 Å². The molecule has 1 aromatic heterocycles. The smallest absolute Gasteiger partial charge is 0.254 e. The van der Waals surface area contributed by atoms with Crippen molar-refractivity contribution >= 4 is 35.1 Å². The number of benzene rings is 2. The number of nitrogens with zero attached hydrogens (tertiary/aromatic N) is 4. The molecule has 3 aromatic rings. The van der Waals surface area contributed by atoms with Crippen LogP contribution in [0.15, 0.2) is 48.7 Å². The van der Waals surface area contributed by atoms with Gasteiger partial charge in [0.05, 0.1) is 5.69 Å². The molecule has 0 aliphatic carbocycles. The molecule has 2 aromatic carbocycles. The second-order valence-electron chi connectivity index (χ2n) is 7.25. The standard InChI is InChI=1S/C22H18Cl2N4O3/c23-16-9-15(10-17(24)12-16)21(29)27-5-7-28(8-6-27)22-25-4-3-18(26-22)14-1-2-19-20(11-14)31-13-30-19/h1-4,9-12H,5-8,13H2. The maximum atomic E-state index is 12.8. The first-order valence-electron chi connectivity index (χ1n) is 9.80. The fraction of sp³-hybridized carbons (Fsp3) is 0.227. The lowest BCUT2D eigenvalue weighted by Gasteiger charge is -2.35. The fourth-order valence-corrected chi connectivity index (χ4v) is 4.21. The van der Waals surface area contributed by atoms with Gasteiger partial charge >= 0.3 is 0 Å². The summed E-state index contributed by atoms with van der Waals surface area (Å²) in [6, 6.07) is 12.5. The van der Waals surface area contributed by atoms with Crippen molar-refractivity contribution in [3.05, 3.63) is 64.3 Å². The maximum absolute atomic E-state index is 12.8. The van der Waals surface area contributed by atoms with Crippen LogP contribution >= 0.6 is 23.2 Å². The number of rotatable bonds is 3. The Balaban J connectivity index is 1.29. The Morgan fingerprint density at radius 1 is 0.903 bits per heavy atom. The van der Waals surface area contributed by atoms with Crippen LogP contribution in [0.4, 0.5) is 5.95 Å². The van der Waals surface area contributed by atoms with Crippen LogP contribution in [0.25, 0.3) is 11.3 Å². The van der Waals surface area contributed by atoms with E-state index in [9.17, 15) is 4.79 Å². The van der Waals surface area contributed by atoms with Crippen molar-refractivity contribution in [1.82, 2.24) is 14.9 Å². The molecule has 0 saturated carbocycles. The van der Waals surface area contributed by atoms with Gasteiger partial charge in [0.25, 0.3) is 5.91 Å². The van der Waals surface area contributed by atoms with E-state index in [2.05, 4.69) is 9.88 Å². The molecule has 1 saturated heterocycles. The van der Waals surface area contributed by atoms with Gasteiger partial charge in [-0.2, -0.15) is 0 Å². The van der Waals surface area contributed by atoms with Crippen LogP contribution in [0.1, 0.15) is 10.4 Å². The van der Waals surface area contributed by atoms with E-state index < -0.39 is 0 Å². The second-order valence-corrected chi connectivity index (χ2v) is 8.12. The van der Waals surface area contributed by atoms with Gasteiger partial charge in [-0.25, -0.2) is 9.97 Å². The average molecular weight is 457 g/mol. The first-order chi connectivity index (χ1) is 15.1. The van der Waals surface area contributed by atoms with E-state index >= 15 is 0 Å². The van der Waals surface area contributed by atoms with E-state index in [-0.39, 0.29) is 12.7 Å². The molecule has 3 heterocycles. The third kappa shape index (κ3) is 4.11. The summed E-state index contributed by atoms with van der Waals surface area (Å²) in [6.07, 6.45) is 1.74. The molecule has 2 aliphatic rings. The molecule has 1 fully saturated rings. The highest BCUT2D eigenvalue weighted by Crippen LogP contribution is 2.35. The van der Waals surface area contributed by atoms with Crippen molar-refractivity contribution < 1.29 is 14.3 Å². The lowest BCUT2D eigenvalue weighted by atomic mass is 10.1. The fourth-order valence-electron chi connectivity index (χ4n) is 3.69. The molecule has 0 atom stereocenters. The predicted octanol–water partition coefficient (Wildman–Crippen LogP) is 4.14. The molecule has 158 valence electrons. The lowest BCUT2D eigenvalue weighted by molar-refractivity contribution is 0.0746. The Bertz CT molecular complexity index is 1130. The summed E-state index contributed by atoms with van der Waals surface area (Å²) in [7, 11) is 0. The van der Waals surface area contributed by atoms with Crippen molar-refractivity contribution in [2.45, 2.75) is 0 Å². The first-order valence-corrected chi connectivity index (χ1v) is 10.6. The molecule has 0 unspecified atom stereocenters. The summed E-state index contributed by atoms with van der Waals surface area (Å²) in [6.45, 7) is 2.61. The number of amides is 1. The average Bonchev–Trinajstić information content (AvgIpc) is 3.26. The Morgan fingerprint density at radius 3 is 2.42 bits per heavy atom. The van der Waals surface area contributed by atoms with Gasteiger partial charge in [-0.1, -0.05) is 23.2 Å². The zero-order chi connectivity index (χ0) is 21.4. The summed E-state index contributed by atoms with van der Waals surface area (Å²) in [4.78, 5) is 25.8. The molecule has 0 bridgehead atoms. The van der Waals surface area contributed by atoms with Gasteiger partial charge in [-0.15, -0.1) is 0 Å². The second kappa shape index (κ2) is 8.24. The summed E-state index contributed by atoms with van der Waals surface area (Å²) >= 11 is 12.1. The maximum Gasteiger partial charge on any atom is 0.254 e. The largest absolute Gasteiger partial charge is 0.454 e. The van der Waals surface area contributed by atoms with Crippen LogP contribution in [0.2, 0.25) is 10.0 Å². The van der Waals surface area contributed by atoms with Crippen molar-refractivity contribution in [1.29, 1.82) is 0 Å². The number of ether oxygens (including phenoxy) is 2. The lowest BCUT2D eigenvalue weighted by Crippen LogP contribution is -2.49. The van der Waals surface area contributed by atoms with Crippen molar-refractivity contribution in [3.63, 3.8) is 0 Å². The minimum atomic E-state index is -0.0842. The van der Waals surface area contributed by atoms with E-state index in [4.69, 9.17) is 37.7 Å². The van der Waals surface area contributed by atoms with Gasteiger partial charge in [-0.05, 0) is 42.5 Å². The number of carbonyl (C=O) groups excluding carboxylic acids is 1. The Hall–Kier alpha value is -3.03. The summed E-state index contributed by atoms with van der Waals surface area (Å²) in [5.41, 5.74) is 2.22. The quantitative estimate of drug-likeness (QED) is 0.589. The van der Waals surface area contributed by atoms with E-state index in [0.717, 1.165) is 17.0 Å². The number of aromatic nitrogens is 2. The van der Waals surface area contributed by atoms with Crippen molar-refractivity contribution in [3.8, 4) is 22.8 Å². The predicted molar refractivity (Wildman–Crippen MR) is 118 cm³/mol. The van der Waals surface area contributed by atoms with Gasteiger partial charge in [0.2, 0.25) is 12.7 Å². The van der Waals surface area contributed by atoms with Gasteiger partial charge in [0, 0.05) is 53.5 Å². The monoisotopic (exact) mass is 456 g/mol. The molecule has 9 heteroatoms. The zero-order valence-electron chi connectivity index (χ0n) is 16.4. The highest BCUT2D eigenvalue weighted by atomic mass is 35.5. The number of piperazine rings is 1. The van der Waals surface area contributed by atoms with E-state index in [1.807, 2.05) is 24.3 Å². The topological polar surface area (TPSA) is 67.8 Å². The Morgan fingerprint density at radius 2 is 1.65 bits per heavy atom. The van der Waals surface area contributed by atoms with Crippen LogP contribution in [-0.2, 0) is 0 Å². The van der Waals surface area contributed by atoms with Crippen LogP contribution in [-0.4, -0.2) is 53.7 Å². The molecule has 0 radical (unpaired) electrons. The molecule has 31 heavy (non-hydrogen) atoms. The highest BCUT2D eigenvalue weighted by molar-refractivity contribution is 6.35. The molecule has 5 rings (SSSR count). The summed E-state index contributed by atoms with van der Waals surface area (Å²) < 4.78 is 10.8. The number of fused-ring (bicyclic) bond motifs is 1. The Labute approximate surface area is 189 Å². The number of carbonyl (C=O) groups is 1. The zero-order valence-corrected chi connectivity index (χ0v) is 17.9. The number of hydrogen-bond donors (Lipinski definition) is 0. The number of hydrogen-bond acceptors (Lipinski definition) is 6. The molecule has 2 aliphatic heterocycles. The molecule has 1 amide bonds.